The Balaban J connectivity index is 1.63. The van der Waals surface area contributed by atoms with Crippen LogP contribution in [0.25, 0.3) is 17.2 Å². The summed E-state index contributed by atoms with van der Waals surface area (Å²) < 4.78 is 38.8. The number of amides is 2. The summed E-state index contributed by atoms with van der Waals surface area (Å²) >= 11 is 0. The normalized spacial score (nSPS) is 15.3. The van der Waals surface area contributed by atoms with Crippen molar-refractivity contribution in [3.05, 3.63) is 101 Å². The Bertz CT molecular complexity index is 1360. The van der Waals surface area contributed by atoms with E-state index in [1.54, 1.807) is 12.1 Å². The van der Waals surface area contributed by atoms with Crippen LogP contribution in [0.15, 0.2) is 84.6 Å². The average molecular weight is 537 g/mol. The number of carboxylic acid groups (broad SMARTS) is 1. The zero-order valence-corrected chi connectivity index (χ0v) is 20.9. The van der Waals surface area contributed by atoms with E-state index in [4.69, 9.17) is 0 Å². The number of alkyl halides is 3. The number of carbonyl (C=O) groups is 3. The van der Waals surface area contributed by atoms with Crippen molar-refractivity contribution in [1.82, 2.24) is 10.6 Å². The Hall–Kier alpha value is -4.40. The summed E-state index contributed by atoms with van der Waals surface area (Å²) in [5, 5.41) is 15.0. The molecule has 1 aliphatic carbocycles. The Morgan fingerprint density at radius 3 is 1.95 bits per heavy atom. The molecule has 0 unspecified atom stereocenters. The van der Waals surface area contributed by atoms with Crippen molar-refractivity contribution in [1.29, 1.82) is 0 Å². The minimum Gasteiger partial charge on any atom is -0.480 e. The van der Waals surface area contributed by atoms with Gasteiger partial charge in [-0.2, -0.15) is 13.2 Å². The highest BCUT2D eigenvalue weighted by Crippen LogP contribution is 2.30. The van der Waals surface area contributed by atoms with Crippen molar-refractivity contribution in [2.45, 2.75) is 43.8 Å². The van der Waals surface area contributed by atoms with Crippen LogP contribution in [-0.2, 0) is 15.8 Å². The molecule has 0 bridgehead atoms. The molecule has 0 spiro atoms. The van der Waals surface area contributed by atoms with Crippen LogP contribution in [0.4, 0.5) is 13.2 Å². The second-order valence-electron chi connectivity index (χ2n) is 9.48. The maximum atomic E-state index is 13.4. The van der Waals surface area contributed by atoms with Crippen LogP contribution in [-0.4, -0.2) is 28.4 Å². The standard InChI is InChI=1S/C30H27F3N2O4/c31-30(32,33)24-15-13-23(14-16-24)26(36)34-25(27(37)35-29(28(38)39)17-5-2-6-18-29)19-20-9-11-22(12-10-20)21-7-3-1-4-8-21/h1,3-4,7-16,19H,2,5-6,17-18H2,(H,34,36)(H,35,37)(H,38,39). The van der Waals surface area contributed by atoms with Crippen LogP contribution >= 0.6 is 0 Å². The molecule has 0 aliphatic heterocycles. The first-order valence-electron chi connectivity index (χ1n) is 12.5. The molecular formula is C30H27F3N2O4. The minimum absolute atomic E-state index is 0.0910. The van der Waals surface area contributed by atoms with Gasteiger partial charge in [-0.3, -0.25) is 9.59 Å². The van der Waals surface area contributed by atoms with E-state index >= 15 is 0 Å². The molecular weight excluding hydrogens is 509 g/mol. The van der Waals surface area contributed by atoms with Crippen LogP contribution in [0.5, 0.6) is 0 Å². The fourth-order valence-electron chi connectivity index (χ4n) is 4.56. The monoisotopic (exact) mass is 536 g/mol. The van der Waals surface area contributed by atoms with Gasteiger partial charge in [0.2, 0.25) is 0 Å². The highest BCUT2D eigenvalue weighted by molar-refractivity contribution is 6.06. The third-order valence-corrected chi connectivity index (χ3v) is 6.77. The second-order valence-corrected chi connectivity index (χ2v) is 9.48. The number of hydrogen-bond acceptors (Lipinski definition) is 3. The third-order valence-electron chi connectivity index (χ3n) is 6.77. The Labute approximate surface area is 223 Å². The summed E-state index contributed by atoms with van der Waals surface area (Å²) in [4.78, 5) is 38.4. The number of hydrogen-bond donors (Lipinski definition) is 3. The number of benzene rings is 3. The molecule has 3 aromatic carbocycles. The number of carbonyl (C=O) groups excluding carboxylic acids is 2. The molecule has 9 heteroatoms. The molecule has 1 saturated carbocycles. The molecule has 0 radical (unpaired) electrons. The maximum Gasteiger partial charge on any atom is 0.416 e. The molecule has 0 saturated heterocycles. The third kappa shape index (κ3) is 6.73. The quantitative estimate of drug-likeness (QED) is 0.321. The number of aliphatic carboxylic acids is 1. The molecule has 6 nitrogen and oxygen atoms in total. The molecule has 2 amide bonds. The van der Waals surface area contributed by atoms with Gasteiger partial charge in [0.05, 0.1) is 5.56 Å². The highest BCUT2D eigenvalue weighted by atomic mass is 19.4. The molecule has 4 rings (SSSR count). The van der Waals surface area contributed by atoms with Crippen LogP contribution in [0, 0.1) is 0 Å². The Kier molecular flexibility index (Phi) is 8.18. The maximum absolute atomic E-state index is 13.4. The van der Waals surface area contributed by atoms with Crippen LogP contribution < -0.4 is 10.6 Å². The molecule has 0 aromatic heterocycles. The van der Waals surface area contributed by atoms with Crippen molar-refractivity contribution in [2.75, 3.05) is 0 Å². The van der Waals surface area contributed by atoms with E-state index in [-0.39, 0.29) is 24.1 Å². The van der Waals surface area contributed by atoms with Gasteiger partial charge in [-0.1, -0.05) is 73.9 Å². The lowest BCUT2D eigenvalue weighted by atomic mass is 9.81. The van der Waals surface area contributed by atoms with Crippen molar-refractivity contribution >= 4 is 23.9 Å². The lowest BCUT2D eigenvalue weighted by Crippen LogP contribution is -2.56. The Morgan fingerprint density at radius 2 is 1.38 bits per heavy atom. The van der Waals surface area contributed by atoms with E-state index in [0.717, 1.165) is 41.8 Å². The molecule has 3 aromatic rings. The van der Waals surface area contributed by atoms with E-state index in [9.17, 15) is 32.7 Å². The summed E-state index contributed by atoms with van der Waals surface area (Å²) in [6.45, 7) is 0. The van der Waals surface area contributed by atoms with Crippen molar-refractivity contribution in [3.8, 4) is 11.1 Å². The second kappa shape index (κ2) is 11.6. The summed E-state index contributed by atoms with van der Waals surface area (Å²) in [6, 6.07) is 20.4. The van der Waals surface area contributed by atoms with Gasteiger partial charge in [0, 0.05) is 5.56 Å². The largest absolute Gasteiger partial charge is 0.480 e. The lowest BCUT2D eigenvalue weighted by Gasteiger charge is -2.34. The van der Waals surface area contributed by atoms with Gasteiger partial charge >= 0.3 is 12.1 Å². The van der Waals surface area contributed by atoms with Gasteiger partial charge in [0.25, 0.3) is 11.8 Å². The molecule has 3 N–H and O–H groups in total. The SMILES string of the molecule is O=C(NC1(C(=O)O)CCCCC1)C(=Cc1ccc(-c2ccccc2)cc1)NC(=O)c1ccc(C(F)(F)F)cc1. The first-order valence-corrected chi connectivity index (χ1v) is 12.5. The van der Waals surface area contributed by atoms with Gasteiger partial charge < -0.3 is 15.7 Å². The summed E-state index contributed by atoms with van der Waals surface area (Å²) in [6.07, 6.45) is -0.539. The molecule has 202 valence electrons. The fraction of sp³-hybridized carbons (Fsp3) is 0.233. The smallest absolute Gasteiger partial charge is 0.416 e. The van der Waals surface area contributed by atoms with Gasteiger partial charge in [-0.05, 0) is 59.9 Å². The minimum atomic E-state index is -4.56. The lowest BCUT2D eigenvalue weighted by molar-refractivity contribution is -0.148. The number of nitrogens with one attached hydrogen (secondary N) is 2. The van der Waals surface area contributed by atoms with E-state index < -0.39 is 35.1 Å². The van der Waals surface area contributed by atoms with Gasteiger partial charge in [-0.15, -0.1) is 0 Å². The predicted molar refractivity (Wildman–Crippen MR) is 140 cm³/mol. The summed E-state index contributed by atoms with van der Waals surface area (Å²) in [7, 11) is 0. The zero-order valence-electron chi connectivity index (χ0n) is 20.9. The van der Waals surface area contributed by atoms with Crippen LogP contribution in [0.1, 0.15) is 53.6 Å². The van der Waals surface area contributed by atoms with Crippen LogP contribution in [0.2, 0.25) is 0 Å². The molecule has 0 atom stereocenters. The molecule has 1 aliphatic rings. The van der Waals surface area contributed by atoms with E-state index in [2.05, 4.69) is 10.6 Å². The van der Waals surface area contributed by atoms with E-state index in [1.165, 1.54) is 6.08 Å². The first-order chi connectivity index (χ1) is 18.6. The van der Waals surface area contributed by atoms with E-state index in [0.29, 0.717) is 18.4 Å². The zero-order chi connectivity index (χ0) is 28.0. The van der Waals surface area contributed by atoms with Crippen molar-refractivity contribution in [3.63, 3.8) is 0 Å². The highest BCUT2D eigenvalue weighted by Gasteiger charge is 2.41. The van der Waals surface area contributed by atoms with Crippen molar-refractivity contribution in [2.24, 2.45) is 0 Å². The number of rotatable bonds is 7. The predicted octanol–water partition coefficient (Wildman–Crippen LogP) is 6.05. The number of halogens is 3. The van der Waals surface area contributed by atoms with Gasteiger partial charge in [0.1, 0.15) is 11.2 Å². The topological polar surface area (TPSA) is 95.5 Å². The van der Waals surface area contributed by atoms with Crippen molar-refractivity contribution < 1.29 is 32.7 Å². The Morgan fingerprint density at radius 1 is 0.795 bits per heavy atom. The number of carboxylic acids is 1. The molecule has 39 heavy (non-hydrogen) atoms. The van der Waals surface area contributed by atoms with Crippen LogP contribution in [0.3, 0.4) is 0 Å². The first kappa shape index (κ1) is 27.6. The van der Waals surface area contributed by atoms with Gasteiger partial charge in [0.15, 0.2) is 0 Å². The van der Waals surface area contributed by atoms with E-state index in [1.807, 2.05) is 42.5 Å². The average Bonchev–Trinajstić information content (AvgIpc) is 2.93. The van der Waals surface area contributed by atoms with Gasteiger partial charge in [-0.25, -0.2) is 4.79 Å². The fourth-order valence-corrected chi connectivity index (χ4v) is 4.56. The molecule has 0 heterocycles. The summed E-state index contributed by atoms with van der Waals surface area (Å²) in [5.41, 5.74) is -0.218. The summed E-state index contributed by atoms with van der Waals surface area (Å²) in [5.74, 6) is -2.76. The molecule has 1 fully saturated rings.